The standard InChI is InChI=1S/C29H28F2N6O3S/c1-4-21(38)35-5-7-36(8-6-35)27-17-9-16(2)22(23-20(31)10-19(30)18-11-32-34(3)24(18)23)26-25(17)37(28(39)33-27)12-29(15-41-26)13-40-14-29/h4,9-11H,1,5-8,12-15H2,2-3H3. The Kier molecular flexibility index (Phi) is 5.98. The Morgan fingerprint density at radius 3 is 2.54 bits per heavy atom. The monoisotopic (exact) mass is 578 g/mol. The highest BCUT2D eigenvalue weighted by atomic mass is 32.2. The number of carbonyl (C=O) groups is 1. The second-order valence-corrected chi connectivity index (χ2v) is 12.1. The zero-order valence-electron chi connectivity index (χ0n) is 22.7. The van der Waals surface area contributed by atoms with Gasteiger partial charge in [0.2, 0.25) is 5.91 Å². The zero-order valence-corrected chi connectivity index (χ0v) is 23.6. The van der Waals surface area contributed by atoms with E-state index in [1.807, 2.05) is 17.9 Å². The number of hydrogen-bond donors (Lipinski definition) is 0. The molecule has 2 saturated heterocycles. The quantitative estimate of drug-likeness (QED) is 0.344. The van der Waals surface area contributed by atoms with Crippen molar-refractivity contribution in [2.45, 2.75) is 18.4 Å². The molecule has 212 valence electrons. The molecular formula is C29H28F2N6O3S. The lowest BCUT2D eigenvalue weighted by molar-refractivity contribution is -0.126. The molecular weight excluding hydrogens is 550 g/mol. The third-order valence-corrected chi connectivity index (χ3v) is 9.91. The molecule has 7 rings (SSSR count). The van der Waals surface area contributed by atoms with Gasteiger partial charge in [-0.3, -0.25) is 14.0 Å². The summed E-state index contributed by atoms with van der Waals surface area (Å²) >= 11 is 1.58. The predicted molar refractivity (Wildman–Crippen MR) is 153 cm³/mol. The average molecular weight is 579 g/mol. The van der Waals surface area contributed by atoms with Crippen molar-refractivity contribution in [3.05, 3.63) is 58.7 Å². The third kappa shape index (κ3) is 3.91. The van der Waals surface area contributed by atoms with Gasteiger partial charge in [0.1, 0.15) is 17.5 Å². The van der Waals surface area contributed by atoms with E-state index < -0.39 is 11.6 Å². The van der Waals surface area contributed by atoms with Gasteiger partial charge in [-0.25, -0.2) is 13.6 Å². The molecule has 2 aromatic heterocycles. The van der Waals surface area contributed by atoms with E-state index in [4.69, 9.17) is 4.74 Å². The zero-order chi connectivity index (χ0) is 28.6. The molecule has 1 spiro atoms. The summed E-state index contributed by atoms with van der Waals surface area (Å²) < 4.78 is 39.4. The number of piperazine rings is 1. The summed E-state index contributed by atoms with van der Waals surface area (Å²) in [4.78, 5) is 35.0. The van der Waals surface area contributed by atoms with Crippen molar-refractivity contribution in [3.63, 3.8) is 0 Å². The first-order chi connectivity index (χ1) is 19.7. The second kappa shape index (κ2) is 9.38. The summed E-state index contributed by atoms with van der Waals surface area (Å²) in [5.74, 6) is -0.257. The van der Waals surface area contributed by atoms with Gasteiger partial charge in [-0.15, -0.1) is 11.8 Å². The number of aromatic nitrogens is 4. The van der Waals surface area contributed by atoms with Gasteiger partial charge in [-0.2, -0.15) is 10.1 Å². The number of ether oxygens (including phenoxy) is 1. The molecule has 41 heavy (non-hydrogen) atoms. The number of fused-ring (bicyclic) bond motifs is 1. The molecule has 0 radical (unpaired) electrons. The Morgan fingerprint density at radius 1 is 1.10 bits per heavy atom. The fourth-order valence-electron chi connectivity index (χ4n) is 6.32. The molecule has 0 saturated carbocycles. The maximum absolute atomic E-state index is 15.8. The third-order valence-electron chi connectivity index (χ3n) is 8.47. The van der Waals surface area contributed by atoms with Gasteiger partial charge in [0.15, 0.2) is 0 Å². The van der Waals surface area contributed by atoms with Gasteiger partial charge >= 0.3 is 5.69 Å². The molecule has 4 aromatic rings. The summed E-state index contributed by atoms with van der Waals surface area (Å²) in [5, 5.41) is 5.25. The van der Waals surface area contributed by atoms with Crippen LogP contribution in [0.4, 0.5) is 14.6 Å². The Bertz CT molecular complexity index is 1840. The molecule has 2 aromatic carbocycles. The van der Waals surface area contributed by atoms with Crippen LogP contribution >= 0.6 is 11.8 Å². The van der Waals surface area contributed by atoms with Gasteiger partial charge in [0.05, 0.1) is 35.8 Å². The van der Waals surface area contributed by atoms with Crippen LogP contribution in [0.15, 0.2) is 40.7 Å². The minimum Gasteiger partial charge on any atom is -0.380 e. The van der Waals surface area contributed by atoms with Gasteiger partial charge in [0, 0.05) is 78.4 Å². The molecule has 0 N–H and O–H groups in total. The van der Waals surface area contributed by atoms with Gasteiger partial charge in [-0.1, -0.05) is 6.58 Å². The summed E-state index contributed by atoms with van der Waals surface area (Å²) in [7, 11) is 1.67. The number of nitrogens with zero attached hydrogens (tertiary/aromatic N) is 6. The number of hydrogen-bond acceptors (Lipinski definition) is 7. The highest BCUT2D eigenvalue weighted by Gasteiger charge is 2.43. The summed E-state index contributed by atoms with van der Waals surface area (Å²) in [6.45, 7) is 8.95. The van der Waals surface area contributed by atoms with E-state index in [0.717, 1.165) is 21.9 Å². The SMILES string of the molecule is C=CC(=O)N1CCN(c2nc(=O)n3c4c(c(-c5c(F)cc(F)c6cnn(C)c56)c(C)cc24)SCC2(COC2)C3)CC1. The van der Waals surface area contributed by atoms with Gasteiger partial charge in [0.25, 0.3) is 0 Å². The van der Waals surface area contributed by atoms with E-state index in [9.17, 15) is 14.0 Å². The number of benzene rings is 2. The molecule has 3 aliphatic heterocycles. The molecule has 0 aliphatic carbocycles. The molecule has 0 bridgehead atoms. The van der Waals surface area contributed by atoms with Crippen LogP contribution in [-0.2, 0) is 23.1 Å². The van der Waals surface area contributed by atoms with Gasteiger partial charge in [-0.05, 0) is 24.6 Å². The number of amides is 1. The highest BCUT2D eigenvalue weighted by molar-refractivity contribution is 7.99. The van der Waals surface area contributed by atoms with E-state index in [1.165, 1.54) is 17.0 Å². The van der Waals surface area contributed by atoms with E-state index >= 15 is 4.39 Å². The summed E-state index contributed by atoms with van der Waals surface area (Å²) in [6.07, 6.45) is 2.71. The molecule has 1 amide bonds. The number of anilines is 1. The lowest BCUT2D eigenvalue weighted by atomic mass is 9.88. The van der Waals surface area contributed by atoms with Crippen molar-refractivity contribution in [1.82, 2.24) is 24.2 Å². The molecule has 12 heteroatoms. The van der Waals surface area contributed by atoms with Crippen LogP contribution in [0.3, 0.4) is 0 Å². The first-order valence-electron chi connectivity index (χ1n) is 13.5. The molecule has 0 atom stereocenters. The molecule has 9 nitrogen and oxygen atoms in total. The highest BCUT2D eigenvalue weighted by Crippen LogP contribution is 2.49. The summed E-state index contributed by atoms with van der Waals surface area (Å²) in [6, 6.07) is 2.86. The van der Waals surface area contributed by atoms with Crippen molar-refractivity contribution in [1.29, 1.82) is 0 Å². The number of thioether (sulfide) groups is 1. The first kappa shape index (κ1) is 26.1. The fourth-order valence-corrected chi connectivity index (χ4v) is 7.79. The Balaban J connectivity index is 1.49. The topological polar surface area (TPSA) is 85.5 Å². The smallest absolute Gasteiger partial charge is 0.350 e. The van der Waals surface area contributed by atoms with E-state index in [2.05, 4.69) is 16.7 Å². The number of carbonyl (C=O) groups excluding carboxylic acids is 1. The van der Waals surface area contributed by atoms with Crippen LogP contribution in [0, 0.1) is 24.0 Å². The average Bonchev–Trinajstić information content (AvgIpc) is 3.22. The maximum Gasteiger partial charge on any atom is 0.350 e. The second-order valence-electron chi connectivity index (χ2n) is 11.1. The molecule has 2 fully saturated rings. The van der Waals surface area contributed by atoms with Gasteiger partial charge < -0.3 is 14.5 Å². The van der Waals surface area contributed by atoms with Crippen LogP contribution in [0.25, 0.3) is 32.9 Å². The number of aryl methyl sites for hydroxylation is 2. The molecule has 5 heterocycles. The van der Waals surface area contributed by atoms with Crippen LogP contribution in [0.5, 0.6) is 0 Å². The minimum atomic E-state index is -0.685. The fraction of sp³-hybridized carbons (Fsp3) is 0.379. The van der Waals surface area contributed by atoms with Crippen LogP contribution in [-0.4, -0.2) is 75.3 Å². The normalized spacial score (nSPS) is 18.1. The number of rotatable bonds is 3. The Hall–Kier alpha value is -3.77. The van der Waals surface area contributed by atoms with Crippen molar-refractivity contribution in [2.24, 2.45) is 12.5 Å². The van der Waals surface area contributed by atoms with E-state index in [1.54, 1.807) is 28.3 Å². The minimum absolute atomic E-state index is 0.126. The van der Waals surface area contributed by atoms with Crippen molar-refractivity contribution in [3.8, 4) is 11.1 Å². The van der Waals surface area contributed by atoms with Crippen molar-refractivity contribution >= 4 is 45.3 Å². The largest absolute Gasteiger partial charge is 0.380 e. The van der Waals surface area contributed by atoms with Crippen LogP contribution in [0.1, 0.15) is 5.56 Å². The lowest BCUT2D eigenvalue weighted by Gasteiger charge is -2.40. The molecule has 0 unspecified atom stereocenters. The van der Waals surface area contributed by atoms with Crippen molar-refractivity contribution < 1.29 is 18.3 Å². The number of halogens is 2. The van der Waals surface area contributed by atoms with Crippen LogP contribution in [0.2, 0.25) is 0 Å². The first-order valence-corrected chi connectivity index (χ1v) is 14.4. The molecule has 3 aliphatic rings. The Morgan fingerprint density at radius 2 is 1.85 bits per heavy atom. The Labute approximate surface area is 238 Å². The predicted octanol–water partition coefficient (Wildman–Crippen LogP) is 3.49. The van der Waals surface area contributed by atoms with E-state index in [0.29, 0.717) is 74.1 Å². The van der Waals surface area contributed by atoms with Crippen LogP contribution < -0.4 is 10.6 Å². The maximum atomic E-state index is 15.8. The van der Waals surface area contributed by atoms with E-state index in [-0.39, 0.29) is 28.0 Å². The summed E-state index contributed by atoms with van der Waals surface area (Å²) in [5.41, 5.74) is 2.09. The lowest BCUT2D eigenvalue weighted by Crippen LogP contribution is -2.50. The van der Waals surface area contributed by atoms with Crippen molar-refractivity contribution in [2.75, 3.05) is 50.0 Å².